The summed E-state index contributed by atoms with van der Waals surface area (Å²) in [5.41, 5.74) is 2.64. The van der Waals surface area contributed by atoms with Crippen molar-refractivity contribution in [2.45, 2.75) is 30.9 Å². The van der Waals surface area contributed by atoms with Crippen LogP contribution in [0.15, 0.2) is 47.4 Å². The van der Waals surface area contributed by atoms with E-state index in [1.54, 1.807) is 18.2 Å². The fourth-order valence-electron chi connectivity index (χ4n) is 1.84. The lowest BCUT2D eigenvalue weighted by Gasteiger charge is -2.13. The minimum atomic E-state index is -0.422. The maximum atomic E-state index is 13.5. The second kappa shape index (κ2) is 6.76. The number of thioether (sulfide) groups is 1. The number of carbonyl (C=O) groups is 1. The Morgan fingerprint density at radius 3 is 2.52 bits per heavy atom. The highest BCUT2D eigenvalue weighted by Crippen LogP contribution is 2.26. The predicted molar refractivity (Wildman–Crippen MR) is 86.3 cm³/mol. The van der Waals surface area contributed by atoms with Gasteiger partial charge in [0.25, 0.3) is 0 Å². The van der Waals surface area contributed by atoms with Crippen molar-refractivity contribution in [1.29, 1.82) is 0 Å². The Kier molecular flexibility index (Phi) is 5.02. The molecule has 1 atom stereocenters. The van der Waals surface area contributed by atoms with Crippen LogP contribution in [0.1, 0.15) is 18.1 Å². The number of halogens is 1. The van der Waals surface area contributed by atoms with Crippen LogP contribution in [0.4, 0.5) is 10.1 Å². The van der Waals surface area contributed by atoms with Crippen LogP contribution in [-0.2, 0) is 4.79 Å². The Morgan fingerprint density at radius 1 is 1.14 bits per heavy atom. The first-order valence-corrected chi connectivity index (χ1v) is 7.64. The van der Waals surface area contributed by atoms with Crippen molar-refractivity contribution in [3.8, 4) is 0 Å². The summed E-state index contributed by atoms with van der Waals surface area (Å²) in [5, 5.41) is 2.32. The third-order valence-corrected chi connectivity index (χ3v) is 4.39. The molecule has 0 spiro atoms. The van der Waals surface area contributed by atoms with E-state index in [4.69, 9.17) is 0 Å². The molecule has 4 heteroatoms. The van der Waals surface area contributed by atoms with E-state index in [1.165, 1.54) is 29.0 Å². The summed E-state index contributed by atoms with van der Waals surface area (Å²) >= 11 is 1.47. The van der Waals surface area contributed by atoms with Crippen LogP contribution < -0.4 is 5.32 Å². The minimum Gasteiger partial charge on any atom is -0.323 e. The van der Waals surface area contributed by atoms with E-state index in [9.17, 15) is 9.18 Å². The second-order valence-electron chi connectivity index (χ2n) is 4.98. The Morgan fingerprint density at radius 2 is 1.86 bits per heavy atom. The van der Waals surface area contributed by atoms with Crippen LogP contribution in [0.25, 0.3) is 0 Å². The molecule has 0 bridgehead atoms. The summed E-state index contributed by atoms with van der Waals surface area (Å²) in [5.74, 6) is -0.627. The Balaban J connectivity index is 2.02. The first-order chi connectivity index (χ1) is 9.97. The van der Waals surface area contributed by atoms with E-state index in [0.29, 0.717) is 0 Å². The largest absolute Gasteiger partial charge is 0.323 e. The minimum absolute atomic E-state index is 0.205. The number of nitrogens with one attached hydrogen (secondary N) is 1. The molecular formula is C17H18FNOS. The molecule has 2 rings (SSSR count). The molecule has 0 aliphatic heterocycles. The van der Waals surface area contributed by atoms with Crippen molar-refractivity contribution in [3.05, 3.63) is 59.4 Å². The number of hydrogen-bond donors (Lipinski definition) is 1. The zero-order valence-electron chi connectivity index (χ0n) is 12.3. The van der Waals surface area contributed by atoms with Gasteiger partial charge in [-0.05, 0) is 56.2 Å². The highest BCUT2D eigenvalue weighted by molar-refractivity contribution is 8.00. The number of rotatable bonds is 4. The number of benzene rings is 2. The van der Waals surface area contributed by atoms with Gasteiger partial charge < -0.3 is 5.32 Å². The van der Waals surface area contributed by atoms with E-state index in [1.807, 2.05) is 26.0 Å². The number of amides is 1. The Labute approximate surface area is 128 Å². The maximum absolute atomic E-state index is 13.5. The molecule has 2 nitrogen and oxygen atoms in total. The van der Waals surface area contributed by atoms with Crippen LogP contribution in [0, 0.1) is 19.7 Å². The highest BCUT2D eigenvalue weighted by Gasteiger charge is 2.16. The Hall–Kier alpha value is -1.81. The molecule has 2 aromatic carbocycles. The lowest BCUT2D eigenvalue weighted by molar-refractivity contribution is -0.115. The van der Waals surface area contributed by atoms with Gasteiger partial charge in [-0.1, -0.05) is 18.2 Å². The number of hydrogen-bond acceptors (Lipinski definition) is 2. The molecular weight excluding hydrogens is 285 g/mol. The summed E-state index contributed by atoms with van der Waals surface area (Å²) in [6, 6.07) is 12.3. The second-order valence-corrected chi connectivity index (χ2v) is 6.39. The number of anilines is 1. The molecule has 0 saturated heterocycles. The molecule has 0 fully saturated rings. The lowest BCUT2D eigenvalue weighted by atomic mass is 10.1. The van der Waals surface area contributed by atoms with Gasteiger partial charge in [0.05, 0.1) is 10.9 Å². The molecule has 2 aromatic rings. The summed E-state index contributed by atoms with van der Waals surface area (Å²) in [4.78, 5) is 13.2. The summed E-state index contributed by atoms with van der Waals surface area (Å²) in [6.07, 6.45) is 0. The van der Waals surface area contributed by atoms with E-state index in [-0.39, 0.29) is 16.8 Å². The average molecular weight is 303 g/mol. The SMILES string of the molecule is Cc1ccc(S[C@H](C)C(=O)Nc2ccccc2F)cc1C. The van der Waals surface area contributed by atoms with E-state index >= 15 is 0 Å². The Bertz CT molecular complexity index is 657. The normalized spacial score (nSPS) is 12.0. The highest BCUT2D eigenvalue weighted by atomic mass is 32.2. The fourth-order valence-corrected chi connectivity index (χ4v) is 2.81. The van der Waals surface area contributed by atoms with Gasteiger partial charge in [-0.3, -0.25) is 4.79 Å². The predicted octanol–water partition coefficient (Wildman–Crippen LogP) is 4.56. The van der Waals surface area contributed by atoms with Crippen molar-refractivity contribution in [2.24, 2.45) is 0 Å². The van der Waals surface area contributed by atoms with Crippen molar-refractivity contribution >= 4 is 23.4 Å². The van der Waals surface area contributed by atoms with Gasteiger partial charge in [-0.15, -0.1) is 11.8 Å². The molecule has 21 heavy (non-hydrogen) atoms. The molecule has 0 radical (unpaired) electrons. The first kappa shape index (κ1) is 15.6. The summed E-state index contributed by atoms with van der Waals surface area (Å²) < 4.78 is 13.5. The van der Waals surface area contributed by atoms with Gasteiger partial charge in [0, 0.05) is 4.90 Å². The first-order valence-electron chi connectivity index (χ1n) is 6.76. The van der Waals surface area contributed by atoms with Crippen LogP contribution in [0.3, 0.4) is 0 Å². The third kappa shape index (κ3) is 4.08. The molecule has 0 heterocycles. The smallest absolute Gasteiger partial charge is 0.237 e. The van der Waals surface area contributed by atoms with Crippen LogP contribution in [-0.4, -0.2) is 11.2 Å². The van der Waals surface area contributed by atoms with E-state index < -0.39 is 5.82 Å². The molecule has 0 aliphatic rings. The van der Waals surface area contributed by atoms with Crippen LogP contribution in [0.5, 0.6) is 0 Å². The number of carbonyl (C=O) groups excluding carboxylic acids is 1. The zero-order valence-corrected chi connectivity index (χ0v) is 13.1. The maximum Gasteiger partial charge on any atom is 0.237 e. The third-order valence-electron chi connectivity index (χ3n) is 3.29. The van der Waals surface area contributed by atoms with Gasteiger partial charge in [-0.25, -0.2) is 4.39 Å². The van der Waals surface area contributed by atoms with Crippen LogP contribution >= 0.6 is 11.8 Å². The molecule has 0 aliphatic carbocycles. The topological polar surface area (TPSA) is 29.1 Å². The average Bonchev–Trinajstić information content (AvgIpc) is 2.45. The van der Waals surface area contributed by atoms with Gasteiger partial charge in [-0.2, -0.15) is 0 Å². The van der Waals surface area contributed by atoms with Crippen molar-refractivity contribution < 1.29 is 9.18 Å². The molecule has 1 N–H and O–H groups in total. The zero-order chi connectivity index (χ0) is 15.4. The van der Waals surface area contributed by atoms with Crippen LogP contribution in [0.2, 0.25) is 0 Å². The standard InChI is InChI=1S/C17H18FNOS/c1-11-8-9-14(10-12(11)2)21-13(3)17(20)19-16-7-5-4-6-15(16)18/h4-10,13H,1-3H3,(H,19,20)/t13-/m1/s1. The van der Waals surface area contributed by atoms with Crippen molar-refractivity contribution in [2.75, 3.05) is 5.32 Å². The monoisotopic (exact) mass is 303 g/mol. The van der Waals surface area contributed by atoms with Gasteiger partial charge in [0.15, 0.2) is 0 Å². The summed E-state index contributed by atoms with van der Waals surface area (Å²) in [7, 11) is 0. The number of aryl methyl sites for hydroxylation is 2. The summed E-state index contributed by atoms with van der Waals surface area (Å²) in [6.45, 7) is 5.91. The quantitative estimate of drug-likeness (QED) is 0.839. The fraction of sp³-hybridized carbons (Fsp3) is 0.235. The number of para-hydroxylation sites is 1. The van der Waals surface area contributed by atoms with Gasteiger partial charge in [0.1, 0.15) is 5.82 Å². The van der Waals surface area contributed by atoms with Crippen molar-refractivity contribution in [1.82, 2.24) is 0 Å². The molecule has 110 valence electrons. The van der Waals surface area contributed by atoms with E-state index in [0.717, 1.165) is 4.90 Å². The van der Waals surface area contributed by atoms with Gasteiger partial charge in [0.2, 0.25) is 5.91 Å². The molecule has 0 saturated carbocycles. The van der Waals surface area contributed by atoms with Gasteiger partial charge >= 0.3 is 0 Å². The van der Waals surface area contributed by atoms with E-state index in [2.05, 4.69) is 18.3 Å². The molecule has 0 unspecified atom stereocenters. The lowest BCUT2D eigenvalue weighted by Crippen LogP contribution is -2.22. The van der Waals surface area contributed by atoms with Crippen molar-refractivity contribution in [3.63, 3.8) is 0 Å². The molecule has 1 amide bonds. The molecule has 0 aromatic heterocycles.